The van der Waals surface area contributed by atoms with Gasteiger partial charge in [0.1, 0.15) is 0 Å². The van der Waals surface area contributed by atoms with Gasteiger partial charge in [0.05, 0.1) is 6.04 Å². The van der Waals surface area contributed by atoms with E-state index in [0.29, 0.717) is 6.04 Å². The molecule has 0 aromatic carbocycles. The number of hydrogen-bond acceptors (Lipinski definition) is 2. The van der Waals surface area contributed by atoms with Crippen LogP contribution in [0.15, 0.2) is 0 Å². The second-order valence-electron chi connectivity index (χ2n) is 4.43. The molecule has 78 valence electrons. The fourth-order valence-electron chi connectivity index (χ4n) is 1.45. The Morgan fingerprint density at radius 1 is 1.38 bits per heavy atom. The highest BCUT2D eigenvalue weighted by atomic mass is 127. The average Bonchev–Trinajstić information content (AvgIpc) is 2.29. The van der Waals surface area contributed by atoms with Gasteiger partial charge in [-0.1, -0.05) is 0 Å². The summed E-state index contributed by atoms with van der Waals surface area (Å²) in [7, 11) is -1.42. The standard InChI is InChI=1S/C8H17I2NOSi/c1-13(2,3)12-8(9,10)7-5-4-6-11-7/h7,11H,4-6H2,1-3H3/t7-/m0/s1. The Labute approximate surface area is 109 Å². The molecule has 0 aliphatic carbocycles. The first-order chi connectivity index (χ1) is 5.81. The summed E-state index contributed by atoms with van der Waals surface area (Å²) in [6.45, 7) is 7.88. The molecule has 5 heteroatoms. The van der Waals surface area contributed by atoms with E-state index in [-0.39, 0.29) is 1.61 Å². The molecule has 0 aromatic heterocycles. The van der Waals surface area contributed by atoms with Crippen molar-refractivity contribution in [3.63, 3.8) is 0 Å². The zero-order chi connectivity index (χ0) is 10.1. The molecular weight excluding hydrogens is 408 g/mol. The highest BCUT2D eigenvalue weighted by Crippen LogP contribution is 2.39. The van der Waals surface area contributed by atoms with E-state index in [4.69, 9.17) is 4.43 Å². The van der Waals surface area contributed by atoms with E-state index in [2.05, 4.69) is 70.1 Å². The second-order valence-corrected chi connectivity index (χ2v) is 14.1. The van der Waals surface area contributed by atoms with Crippen molar-refractivity contribution in [1.82, 2.24) is 5.32 Å². The highest BCUT2D eigenvalue weighted by molar-refractivity contribution is 14.2. The van der Waals surface area contributed by atoms with E-state index in [9.17, 15) is 0 Å². The Balaban J connectivity index is 2.53. The Morgan fingerprint density at radius 3 is 2.38 bits per heavy atom. The molecule has 0 bridgehead atoms. The van der Waals surface area contributed by atoms with Gasteiger partial charge in [-0.15, -0.1) is 0 Å². The van der Waals surface area contributed by atoms with E-state index in [1.54, 1.807) is 0 Å². The molecule has 0 unspecified atom stereocenters. The monoisotopic (exact) mass is 425 g/mol. The van der Waals surface area contributed by atoms with Crippen LogP contribution in [0.25, 0.3) is 0 Å². The molecular formula is C8H17I2NOSi. The third-order valence-corrected chi connectivity index (χ3v) is 5.62. The van der Waals surface area contributed by atoms with Crippen LogP contribution in [0.4, 0.5) is 0 Å². The largest absolute Gasteiger partial charge is 0.395 e. The number of hydrogen-bond donors (Lipinski definition) is 1. The van der Waals surface area contributed by atoms with Crippen molar-refractivity contribution < 1.29 is 4.43 Å². The zero-order valence-corrected chi connectivity index (χ0v) is 13.7. The van der Waals surface area contributed by atoms with Gasteiger partial charge in [-0.2, -0.15) is 0 Å². The summed E-state index contributed by atoms with van der Waals surface area (Å²) >= 11 is 4.88. The summed E-state index contributed by atoms with van der Waals surface area (Å²) in [5.41, 5.74) is 0. The fourth-order valence-corrected chi connectivity index (χ4v) is 7.44. The van der Waals surface area contributed by atoms with Gasteiger partial charge in [0, 0.05) is 0 Å². The van der Waals surface area contributed by atoms with Crippen LogP contribution in [-0.4, -0.2) is 22.5 Å². The van der Waals surface area contributed by atoms with Crippen molar-refractivity contribution in [2.75, 3.05) is 6.54 Å². The van der Waals surface area contributed by atoms with E-state index < -0.39 is 8.32 Å². The molecule has 0 saturated carbocycles. The Kier molecular flexibility index (Phi) is 4.51. The minimum absolute atomic E-state index is 0.0451. The lowest BCUT2D eigenvalue weighted by Crippen LogP contribution is -2.46. The van der Waals surface area contributed by atoms with E-state index in [0.717, 1.165) is 6.54 Å². The molecule has 1 heterocycles. The summed E-state index contributed by atoms with van der Waals surface area (Å²) in [5.74, 6) is 0. The van der Waals surface area contributed by atoms with Gasteiger partial charge in [0.25, 0.3) is 0 Å². The average molecular weight is 425 g/mol. The molecule has 0 radical (unpaired) electrons. The summed E-state index contributed by atoms with van der Waals surface area (Å²) in [4.78, 5) is 0. The van der Waals surface area contributed by atoms with Crippen molar-refractivity contribution in [2.45, 2.75) is 40.1 Å². The lowest BCUT2D eigenvalue weighted by atomic mass is 10.2. The SMILES string of the molecule is C[Si](C)(C)OC(I)(I)[C@@H]1CCCN1. The topological polar surface area (TPSA) is 21.3 Å². The molecule has 1 atom stereocenters. The van der Waals surface area contributed by atoms with Crippen molar-refractivity contribution in [2.24, 2.45) is 0 Å². The molecule has 1 fully saturated rings. The quantitative estimate of drug-likeness (QED) is 0.427. The first kappa shape index (κ1) is 12.7. The minimum Gasteiger partial charge on any atom is -0.395 e. The maximum atomic E-state index is 6.16. The summed E-state index contributed by atoms with van der Waals surface area (Å²) < 4.78 is 6.11. The molecule has 1 aliphatic heterocycles. The molecule has 0 amide bonds. The van der Waals surface area contributed by atoms with Crippen LogP contribution in [-0.2, 0) is 4.43 Å². The summed E-state index contributed by atoms with van der Waals surface area (Å²) in [6, 6.07) is 0.528. The maximum Gasteiger partial charge on any atom is 0.186 e. The first-order valence-corrected chi connectivity index (χ1v) is 10.2. The van der Waals surface area contributed by atoms with Crippen molar-refractivity contribution in [1.29, 1.82) is 0 Å². The number of halogens is 2. The molecule has 1 rings (SSSR count). The first-order valence-electron chi connectivity index (χ1n) is 4.63. The van der Waals surface area contributed by atoms with Crippen molar-refractivity contribution in [3.05, 3.63) is 0 Å². The minimum atomic E-state index is -1.42. The molecule has 0 spiro atoms. The predicted molar refractivity (Wildman–Crippen MR) is 76.2 cm³/mol. The Hall–Kier alpha value is 1.60. The van der Waals surface area contributed by atoms with E-state index >= 15 is 0 Å². The Bertz CT molecular complexity index is 175. The molecule has 0 aromatic rings. The van der Waals surface area contributed by atoms with Gasteiger partial charge in [-0.3, -0.25) is 0 Å². The van der Waals surface area contributed by atoms with Crippen LogP contribution in [0.3, 0.4) is 0 Å². The van der Waals surface area contributed by atoms with Gasteiger partial charge >= 0.3 is 0 Å². The lowest BCUT2D eigenvalue weighted by Gasteiger charge is -2.34. The van der Waals surface area contributed by atoms with Gasteiger partial charge < -0.3 is 9.74 Å². The normalized spacial score (nSPS) is 25.2. The van der Waals surface area contributed by atoms with Crippen LogP contribution in [0.1, 0.15) is 12.8 Å². The summed E-state index contributed by atoms with van der Waals surface area (Å²) in [5, 5.41) is 3.50. The molecule has 1 aliphatic rings. The molecule has 1 N–H and O–H groups in total. The van der Waals surface area contributed by atoms with Crippen molar-refractivity contribution >= 4 is 53.5 Å². The van der Waals surface area contributed by atoms with Crippen LogP contribution >= 0.6 is 45.2 Å². The number of nitrogens with one attached hydrogen (secondary N) is 1. The summed E-state index contributed by atoms with van der Waals surface area (Å²) in [6.07, 6.45) is 2.53. The molecule has 2 nitrogen and oxygen atoms in total. The van der Waals surface area contributed by atoms with Gasteiger partial charge in [0.2, 0.25) is 0 Å². The van der Waals surface area contributed by atoms with Crippen LogP contribution in [0, 0.1) is 0 Å². The van der Waals surface area contributed by atoms with Gasteiger partial charge in [0.15, 0.2) is 9.93 Å². The second kappa shape index (κ2) is 4.63. The molecule has 13 heavy (non-hydrogen) atoms. The van der Waals surface area contributed by atoms with Crippen LogP contribution in [0.2, 0.25) is 19.6 Å². The maximum absolute atomic E-state index is 6.16. The fraction of sp³-hybridized carbons (Fsp3) is 1.00. The van der Waals surface area contributed by atoms with Crippen molar-refractivity contribution in [3.8, 4) is 0 Å². The smallest absolute Gasteiger partial charge is 0.186 e. The number of alkyl halides is 2. The van der Waals surface area contributed by atoms with E-state index in [1.807, 2.05) is 0 Å². The van der Waals surface area contributed by atoms with Gasteiger partial charge in [-0.05, 0) is 84.2 Å². The third kappa shape index (κ3) is 4.31. The zero-order valence-electron chi connectivity index (χ0n) is 8.36. The Morgan fingerprint density at radius 2 is 2.00 bits per heavy atom. The molecule has 1 saturated heterocycles. The van der Waals surface area contributed by atoms with Crippen LogP contribution in [0.5, 0.6) is 0 Å². The van der Waals surface area contributed by atoms with E-state index in [1.165, 1.54) is 12.8 Å². The highest BCUT2D eigenvalue weighted by Gasteiger charge is 2.39. The number of rotatable bonds is 3. The predicted octanol–water partition coefficient (Wildman–Crippen LogP) is 3.11. The third-order valence-electron chi connectivity index (χ3n) is 1.91. The van der Waals surface area contributed by atoms with Crippen LogP contribution < -0.4 is 5.32 Å². The van der Waals surface area contributed by atoms with Gasteiger partial charge in [-0.25, -0.2) is 0 Å². The lowest BCUT2D eigenvalue weighted by molar-refractivity contribution is 0.237.